The van der Waals surface area contributed by atoms with E-state index in [-0.39, 0.29) is 6.04 Å². The third-order valence-corrected chi connectivity index (χ3v) is 3.23. The van der Waals surface area contributed by atoms with Crippen molar-refractivity contribution in [2.75, 3.05) is 0 Å². The van der Waals surface area contributed by atoms with Crippen LogP contribution in [-0.4, -0.2) is 15.1 Å². The second-order valence-electron chi connectivity index (χ2n) is 3.65. The first-order chi connectivity index (χ1) is 7.65. The van der Waals surface area contributed by atoms with Gasteiger partial charge in [0, 0.05) is 11.1 Å². The molecule has 0 aliphatic heterocycles. The van der Waals surface area contributed by atoms with E-state index in [9.17, 15) is 0 Å². The molecular weight excluding hydrogens is 224 g/mol. The summed E-state index contributed by atoms with van der Waals surface area (Å²) in [7, 11) is 0. The van der Waals surface area contributed by atoms with E-state index in [1.807, 2.05) is 6.20 Å². The first-order valence-corrected chi connectivity index (χ1v) is 5.91. The van der Waals surface area contributed by atoms with Crippen molar-refractivity contribution in [1.29, 1.82) is 0 Å². The largest absolute Gasteiger partial charge is 0.338 e. The molecule has 0 saturated heterocycles. The number of nitrogens with zero attached hydrogens (tertiary/aromatic N) is 3. The van der Waals surface area contributed by atoms with Crippen LogP contribution in [0.1, 0.15) is 34.6 Å². The van der Waals surface area contributed by atoms with Crippen LogP contribution >= 0.6 is 11.3 Å². The highest BCUT2D eigenvalue weighted by Gasteiger charge is 2.10. The fourth-order valence-electron chi connectivity index (χ4n) is 1.31. The van der Waals surface area contributed by atoms with Crippen molar-refractivity contribution in [2.24, 2.45) is 0 Å². The smallest absolute Gasteiger partial charge is 0.240 e. The average molecular weight is 238 g/mol. The van der Waals surface area contributed by atoms with Crippen molar-refractivity contribution in [2.45, 2.75) is 33.4 Å². The molecule has 1 N–H and O–H groups in total. The molecule has 2 aromatic rings. The molecular formula is C10H14N4OS. The van der Waals surface area contributed by atoms with Crippen LogP contribution in [-0.2, 0) is 6.54 Å². The Morgan fingerprint density at radius 3 is 2.88 bits per heavy atom. The first-order valence-electron chi connectivity index (χ1n) is 5.10. The van der Waals surface area contributed by atoms with Gasteiger partial charge in [0.05, 0.1) is 12.6 Å². The molecule has 2 aromatic heterocycles. The lowest BCUT2D eigenvalue weighted by atomic mass is 10.3. The standard InChI is InChI=1S/C10H14N4OS/c1-6-4-12-10(16-6)7(2)11-5-9-13-8(3)14-15-9/h4,7,11H,5H2,1-3H3/t7-/m1/s1. The van der Waals surface area contributed by atoms with Crippen LogP contribution in [0.3, 0.4) is 0 Å². The van der Waals surface area contributed by atoms with Crippen molar-refractivity contribution in [1.82, 2.24) is 20.4 Å². The molecule has 6 heteroatoms. The summed E-state index contributed by atoms with van der Waals surface area (Å²) in [6.07, 6.45) is 1.88. The number of aryl methyl sites for hydroxylation is 2. The quantitative estimate of drug-likeness (QED) is 0.882. The average Bonchev–Trinajstić information content (AvgIpc) is 2.84. The minimum atomic E-state index is 0.200. The predicted molar refractivity (Wildman–Crippen MR) is 61.1 cm³/mol. The molecule has 1 atom stereocenters. The molecule has 0 bridgehead atoms. The molecule has 0 saturated carbocycles. The fourth-order valence-corrected chi connectivity index (χ4v) is 2.11. The highest BCUT2D eigenvalue weighted by molar-refractivity contribution is 7.11. The van der Waals surface area contributed by atoms with Crippen molar-refractivity contribution in [3.63, 3.8) is 0 Å². The van der Waals surface area contributed by atoms with Gasteiger partial charge in [-0.25, -0.2) is 4.98 Å². The van der Waals surface area contributed by atoms with Gasteiger partial charge in [-0.15, -0.1) is 11.3 Å². The van der Waals surface area contributed by atoms with Gasteiger partial charge in [-0.1, -0.05) is 5.16 Å². The summed E-state index contributed by atoms with van der Waals surface area (Å²) < 4.78 is 5.02. The van der Waals surface area contributed by atoms with Gasteiger partial charge in [-0.3, -0.25) is 5.32 Å². The van der Waals surface area contributed by atoms with Crippen molar-refractivity contribution >= 4 is 11.3 Å². The second kappa shape index (κ2) is 4.71. The molecule has 0 aliphatic carbocycles. The topological polar surface area (TPSA) is 63.8 Å². The lowest BCUT2D eigenvalue weighted by Gasteiger charge is -2.08. The van der Waals surface area contributed by atoms with Crippen LogP contribution in [0.25, 0.3) is 0 Å². The molecule has 0 amide bonds. The van der Waals surface area contributed by atoms with Gasteiger partial charge in [0.25, 0.3) is 0 Å². The molecule has 0 unspecified atom stereocenters. The van der Waals surface area contributed by atoms with Crippen LogP contribution in [0.5, 0.6) is 0 Å². The Morgan fingerprint density at radius 1 is 1.50 bits per heavy atom. The molecule has 0 spiro atoms. The summed E-state index contributed by atoms with van der Waals surface area (Å²) >= 11 is 1.70. The van der Waals surface area contributed by atoms with E-state index < -0.39 is 0 Å². The zero-order valence-electron chi connectivity index (χ0n) is 9.52. The number of rotatable bonds is 4. The van der Waals surface area contributed by atoms with E-state index in [2.05, 4.69) is 34.3 Å². The third kappa shape index (κ3) is 2.65. The monoisotopic (exact) mass is 238 g/mol. The van der Waals surface area contributed by atoms with E-state index in [4.69, 9.17) is 4.52 Å². The lowest BCUT2D eigenvalue weighted by Crippen LogP contribution is -2.18. The number of hydrogen-bond acceptors (Lipinski definition) is 6. The molecule has 0 aromatic carbocycles. The molecule has 2 heterocycles. The lowest BCUT2D eigenvalue weighted by molar-refractivity contribution is 0.357. The SMILES string of the molecule is Cc1noc(CN[C@H](C)c2ncc(C)s2)n1. The van der Waals surface area contributed by atoms with E-state index in [0.717, 1.165) is 5.01 Å². The van der Waals surface area contributed by atoms with Gasteiger partial charge < -0.3 is 4.52 Å². The van der Waals surface area contributed by atoms with E-state index in [1.165, 1.54) is 4.88 Å². The minimum absolute atomic E-state index is 0.200. The third-order valence-electron chi connectivity index (χ3n) is 2.14. The van der Waals surface area contributed by atoms with E-state index >= 15 is 0 Å². The zero-order valence-corrected chi connectivity index (χ0v) is 10.3. The normalized spacial score (nSPS) is 12.9. The van der Waals surface area contributed by atoms with E-state index in [1.54, 1.807) is 18.3 Å². The van der Waals surface area contributed by atoms with Crippen molar-refractivity contribution in [3.8, 4) is 0 Å². The summed E-state index contributed by atoms with van der Waals surface area (Å²) in [5.41, 5.74) is 0. The molecule has 0 radical (unpaired) electrons. The maximum Gasteiger partial charge on any atom is 0.240 e. The van der Waals surface area contributed by atoms with Crippen LogP contribution in [0.2, 0.25) is 0 Å². The summed E-state index contributed by atoms with van der Waals surface area (Å²) in [5, 5.41) is 8.10. The van der Waals surface area contributed by atoms with Crippen LogP contribution in [0.4, 0.5) is 0 Å². The van der Waals surface area contributed by atoms with Crippen LogP contribution in [0.15, 0.2) is 10.7 Å². The molecule has 2 rings (SSSR count). The summed E-state index contributed by atoms with van der Waals surface area (Å²) in [6, 6.07) is 0.200. The minimum Gasteiger partial charge on any atom is -0.338 e. The second-order valence-corrected chi connectivity index (χ2v) is 4.91. The number of nitrogens with one attached hydrogen (secondary N) is 1. The Balaban J connectivity index is 1.91. The maximum atomic E-state index is 5.02. The Hall–Kier alpha value is -1.27. The highest BCUT2D eigenvalue weighted by atomic mass is 32.1. The Morgan fingerprint density at radius 2 is 2.31 bits per heavy atom. The van der Waals surface area contributed by atoms with E-state index in [0.29, 0.717) is 18.3 Å². The van der Waals surface area contributed by atoms with Gasteiger partial charge >= 0.3 is 0 Å². The number of aromatic nitrogens is 3. The van der Waals surface area contributed by atoms with Gasteiger partial charge in [0.15, 0.2) is 5.82 Å². The summed E-state index contributed by atoms with van der Waals surface area (Å²) in [4.78, 5) is 9.67. The zero-order chi connectivity index (χ0) is 11.5. The van der Waals surface area contributed by atoms with Gasteiger partial charge in [-0.2, -0.15) is 4.98 Å². The highest BCUT2D eigenvalue weighted by Crippen LogP contribution is 2.19. The predicted octanol–water partition coefficient (Wildman–Crippen LogP) is 1.99. The molecule has 86 valence electrons. The maximum absolute atomic E-state index is 5.02. The van der Waals surface area contributed by atoms with Gasteiger partial charge in [0.1, 0.15) is 5.01 Å². The summed E-state index contributed by atoms with van der Waals surface area (Å²) in [6.45, 7) is 6.50. The fraction of sp³-hybridized carbons (Fsp3) is 0.500. The Kier molecular flexibility index (Phi) is 3.31. The Labute approximate surface area is 97.9 Å². The Bertz CT molecular complexity index is 465. The molecule has 0 fully saturated rings. The van der Waals surface area contributed by atoms with Crippen molar-refractivity contribution < 1.29 is 4.52 Å². The first kappa shape index (κ1) is 11.2. The van der Waals surface area contributed by atoms with Gasteiger partial charge in [-0.05, 0) is 20.8 Å². The molecule has 16 heavy (non-hydrogen) atoms. The van der Waals surface area contributed by atoms with Gasteiger partial charge in [0.2, 0.25) is 5.89 Å². The van der Waals surface area contributed by atoms with Crippen LogP contribution in [0, 0.1) is 13.8 Å². The summed E-state index contributed by atoms with van der Waals surface area (Å²) in [5.74, 6) is 1.27. The molecule has 0 aliphatic rings. The van der Waals surface area contributed by atoms with Crippen LogP contribution < -0.4 is 5.32 Å². The molecule has 5 nitrogen and oxygen atoms in total. The van der Waals surface area contributed by atoms with Crippen molar-refractivity contribution in [3.05, 3.63) is 27.8 Å². The number of thiazole rings is 1. The number of hydrogen-bond donors (Lipinski definition) is 1.